The van der Waals surface area contributed by atoms with Gasteiger partial charge >= 0.3 is 0 Å². The third-order valence-corrected chi connectivity index (χ3v) is 3.82. The van der Waals surface area contributed by atoms with Gasteiger partial charge in [-0.05, 0) is 12.0 Å². The number of rotatable bonds is 5. The normalized spacial score (nSPS) is 23.8. The Bertz CT molecular complexity index is 309. The fourth-order valence-corrected chi connectivity index (χ4v) is 2.39. The number of piperazine rings is 1. The molecule has 1 N–H and O–H groups in total. The van der Waals surface area contributed by atoms with E-state index < -0.39 is 0 Å². The standard InChI is InChI=1S/C13H24N4/c1-3-12(2)13-11-16(8-6-14-13)9-10-17-7-4-5-15-17/h4-5,7,12-14H,3,6,8-11H2,1-2H3. The molecular weight excluding hydrogens is 212 g/mol. The number of nitrogens with zero attached hydrogens (tertiary/aromatic N) is 3. The fraction of sp³-hybridized carbons (Fsp3) is 0.769. The Morgan fingerprint density at radius 3 is 3.06 bits per heavy atom. The van der Waals surface area contributed by atoms with Crippen LogP contribution in [0.5, 0.6) is 0 Å². The maximum atomic E-state index is 4.25. The number of hydrogen-bond acceptors (Lipinski definition) is 3. The van der Waals surface area contributed by atoms with Crippen LogP contribution in [-0.2, 0) is 6.54 Å². The largest absolute Gasteiger partial charge is 0.311 e. The summed E-state index contributed by atoms with van der Waals surface area (Å²) in [5.41, 5.74) is 0. The molecule has 4 nitrogen and oxygen atoms in total. The van der Waals surface area contributed by atoms with Gasteiger partial charge in [-0.15, -0.1) is 0 Å². The van der Waals surface area contributed by atoms with Crippen LogP contribution in [0.1, 0.15) is 20.3 Å². The van der Waals surface area contributed by atoms with Crippen molar-refractivity contribution >= 4 is 0 Å². The highest BCUT2D eigenvalue weighted by Gasteiger charge is 2.22. The first-order chi connectivity index (χ1) is 8.29. The van der Waals surface area contributed by atoms with Crippen molar-refractivity contribution in [2.45, 2.75) is 32.9 Å². The van der Waals surface area contributed by atoms with Crippen LogP contribution >= 0.6 is 0 Å². The van der Waals surface area contributed by atoms with Crippen molar-refractivity contribution in [3.63, 3.8) is 0 Å². The zero-order chi connectivity index (χ0) is 12.1. The molecule has 1 aromatic rings. The topological polar surface area (TPSA) is 33.1 Å². The Morgan fingerprint density at radius 2 is 2.35 bits per heavy atom. The molecule has 2 heterocycles. The molecule has 1 aromatic heterocycles. The highest BCUT2D eigenvalue weighted by Crippen LogP contribution is 2.12. The summed E-state index contributed by atoms with van der Waals surface area (Å²) < 4.78 is 2.01. The zero-order valence-electron chi connectivity index (χ0n) is 11.0. The summed E-state index contributed by atoms with van der Waals surface area (Å²) in [6.45, 7) is 10.2. The van der Waals surface area contributed by atoms with E-state index in [1.165, 1.54) is 13.0 Å². The van der Waals surface area contributed by atoms with Gasteiger partial charge in [0.05, 0.1) is 6.54 Å². The maximum absolute atomic E-state index is 4.25. The molecule has 0 radical (unpaired) electrons. The summed E-state index contributed by atoms with van der Waals surface area (Å²) in [6.07, 6.45) is 5.14. The molecule has 1 aliphatic rings. The van der Waals surface area contributed by atoms with Crippen LogP contribution < -0.4 is 5.32 Å². The predicted molar refractivity (Wildman–Crippen MR) is 69.9 cm³/mol. The molecule has 96 valence electrons. The molecule has 0 aromatic carbocycles. The molecule has 0 spiro atoms. The Labute approximate surface area is 104 Å². The predicted octanol–water partition coefficient (Wildman–Crippen LogP) is 1.20. The van der Waals surface area contributed by atoms with Crippen LogP contribution in [0.2, 0.25) is 0 Å². The average Bonchev–Trinajstić information content (AvgIpc) is 2.89. The molecular formula is C13H24N4. The monoisotopic (exact) mass is 236 g/mol. The van der Waals surface area contributed by atoms with E-state index in [0.717, 1.165) is 32.1 Å². The SMILES string of the molecule is CCC(C)C1CN(CCn2cccn2)CCN1. The first-order valence-electron chi connectivity index (χ1n) is 6.72. The quantitative estimate of drug-likeness (QED) is 0.834. The van der Waals surface area contributed by atoms with Gasteiger partial charge in [0.25, 0.3) is 0 Å². The average molecular weight is 236 g/mol. The summed E-state index contributed by atoms with van der Waals surface area (Å²) in [5, 5.41) is 7.87. The smallest absolute Gasteiger partial charge is 0.0536 e. The lowest BCUT2D eigenvalue weighted by molar-refractivity contribution is 0.162. The molecule has 0 saturated carbocycles. The van der Waals surface area contributed by atoms with Crippen molar-refractivity contribution in [3.8, 4) is 0 Å². The summed E-state index contributed by atoms with van der Waals surface area (Å²) in [6, 6.07) is 2.64. The second kappa shape index (κ2) is 6.17. The molecule has 1 saturated heterocycles. The van der Waals surface area contributed by atoms with Gasteiger partial charge in [-0.25, -0.2) is 0 Å². The van der Waals surface area contributed by atoms with E-state index in [9.17, 15) is 0 Å². The maximum Gasteiger partial charge on any atom is 0.0536 e. The lowest BCUT2D eigenvalue weighted by atomic mass is 9.97. The van der Waals surface area contributed by atoms with Gasteiger partial charge in [0.2, 0.25) is 0 Å². The number of hydrogen-bond donors (Lipinski definition) is 1. The van der Waals surface area contributed by atoms with Crippen molar-refractivity contribution in [1.82, 2.24) is 20.0 Å². The molecule has 2 atom stereocenters. The minimum absolute atomic E-state index is 0.659. The molecule has 2 unspecified atom stereocenters. The van der Waals surface area contributed by atoms with Crippen molar-refractivity contribution in [2.75, 3.05) is 26.2 Å². The Kier molecular flexibility index (Phi) is 4.57. The van der Waals surface area contributed by atoms with Gasteiger partial charge in [-0.3, -0.25) is 9.58 Å². The highest BCUT2D eigenvalue weighted by molar-refractivity contribution is 4.83. The molecule has 0 amide bonds. The minimum atomic E-state index is 0.659. The van der Waals surface area contributed by atoms with Crippen LogP contribution in [0.15, 0.2) is 18.5 Å². The van der Waals surface area contributed by atoms with E-state index in [0.29, 0.717) is 6.04 Å². The zero-order valence-corrected chi connectivity index (χ0v) is 11.0. The van der Waals surface area contributed by atoms with Crippen molar-refractivity contribution < 1.29 is 0 Å². The number of nitrogens with one attached hydrogen (secondary N) is 1. The van der Waals surface area contributed by atoms with Crippen LogP contribution in [0.3, 0.4) is 0 Å². The molecule has 2 rings (SSSR count). The lowest BCUT2D eigenvalue weighted by Gasteiger charge is -2.36. The summed E-state index contributed by atoms with van der Waals surface area (Å²) in [7, 11) is 0. The molecule has 0 aliphatic carbocycles. The van der Waals surface area contributed by atoms with Crippen LogP contribution in [-0.4, -0.2) is 46.9 Å². The van der Waals surface area contributed by atoms with Crippen molar-refractivity contribution in [2.24, 2.45) is 5.92 Å². The third-order valence-electron chi connectivity index (χ3n) is 3.82. The molecule has 17 heavy (non-hydrogen) atoms. The van der Waals surface area contributed by atoms with E-state index in [4.69, 9.17) is 0 Å². The Hall–Kier alpha value is -0.870. The van der Waals surface area contributed by atoms with E-state index in [1.54, 1.807) is 0 Å². The van der Waals surface area contributed by atoms with Gasteiger partial charge in [0.1, 0.15) is 0 Å². The lowest BCUT2D eigenvalue weighted by Crippen LogP contribution is -2.53. The summed E-state index contributed by atoms with van der Waals surface area (Å²) in [4.78, 5) is 2.55. The minimum Gasteiger partial charge on any atom is -0.311 e. The highest BCUT2D eigenvalue weighted by atomic mass is 15.3. The van der Waals surface area contributed by atoms with Gasteiger partial charge in [-0.1, -0.05) is 20.3 Å². The van der Waals surface area contributed by atoms with Gasteiger partial charge in [0, 0.05) is 44.6 Å². The molecule has 1 aliphatic heterocycles. The Morgan fingerprint density at radius 1 is 1.47 bits per heavy atom. The van der Waals surface area contributed by atoms with Crippen LogP contribution in [0.25, 0.3) is 0 Å². The van der Waals surface area contributed by atoms with Crippen molar-refractivity contribution in [1.29, 1.82) is 0 Å². The second-order valence-electron chi connectivity index (χ2n) is 5.02. The molecule has 1 fully saturated rings. The Balaban J connectivity index is 1.77. The van der Waals surface area contributed by atoms with E-state index in [-0.39, 0.29) is 0 Å². The fourth-order valence-electron chi connectivity index (χ4n) is 2.39. The first kappa shape index (κ1) is 12.6. The third kappa shape index (κ3) is 3.54. The van der Waals surface area contributed by atoms with Crippen LogP contribution in [0, 0.1) is 5.92 Å². The van der Waals surface area contributed by atoms with E-state index in [2.05, 4.69) is 29.2 Å². The van der Waals surface area contributed by atoms with Crippen LogP contribution in [0.4, 0.5) is 0 Å². The molecule has 4 heteroatoms. The van der Waals surface area contributed by atoms with Crippen molar-refractivity contribution in [3.05, 3.63) is 18.5 Å². The van der Waals surface area contributed by atoms with Gasteiger partial charge in [0.15, 0.2) is 0 Å². The second-order valence-corrected chi connectivity index (χ2v) is 5.02. The summed E-state index contributed by atoms with van der Waals surface area (Å²) >= 11 is 0. The molecule has 0 bridgehead atoms. The van der Waals surface area contributed by atoms with E-state index >= 15 is 0 Å². The van der Waals surface area contributed by atoms with Gasteiger partial charge < -0.3 is 5.32 Å². The summed E-state index contributed by atoms with van der Waals surface area (Å²) in [5.74, 6) is 0.766. The van der Waals surface area contributed by atoms with Gasteiger partial charge in [-0.2, -0.15) is 5.10 Å². The first-order valence-corrected chi connectivity index (χ1v) is 6.72. The number of aromatic nitrogens is 2. The van der Waals surface area contributed by atoms with E-state index in [1.807, 2.05) is 23.1 Å².